The maximum atomic E-state index is 12.6. The molecular weight excluding hydrogens is 217 g/mol. The molecule has 0 saturated carbocycles. The van der Waals surface area contributed by atoms with Crippen LogP contribution in [0, 0.1) is 11.8 Å². The third-order valence-electron chi connectivity index (χ3n) is 1.84. The molecule has 0 aliphatic rings. The summed E-state index contributed by atoms with van der Waals surface area (Å²) >= 11 is 0. The van der Waals surface area contributed by atoms with Gasteiger partial charge in [0.25, 0.3) is 0 Å². The topological polar surface area (TPSA) is 52.0 Å². The second-order valence-corrected chi connectivity index (χ2v) is 3.14. The first kappa shape index (κ1) is 12.4. The maximum Gasteiger partial charge on any atom is 0.417 e. The standard InChI is InChI=1S/C11H11F3N2/c12-11(13,14)10-5-4-9(16)7-8(10)3-1-2-6-15/h4-5,7H,2,6,15-16H2. The van der Waals surface area contributed by atoms with Crippen molar-refractivity contribution >= 4 is 5.69 Å². The summed E-state index contributed by atoms with van der Waals surface area (Å²) < 4.78 is 37.7. The maximum absolute atomic E-state index is 12.6. The number of nitrogens with two attached hydrogens (primary N) is 2. The fraction of sp³-hybridized carbons (Fsp3) is 0.273. The predicted octanol–water partition coefficient (Wildman–Crippen LogP) is 1.99. The lowest BCUT2D eigenvalue weighted by Crippen LogP contribution is -2.08. The van der Waals surface area contributed by atoms with Gasteiger partial charge in [0.05, 0.1) is 5.56 Å². The average Bonchev–Trinajstić information content (AvgIpc) is 2.16. The van der Waals surface area contributed by atoms with Gasteiger partial charge in [-0.3, -0.25) is 0 Å². The van der Waals surface area contributed by atoms with Crippen LogP contribution < -0.4 is 11.5 Å². The van der Waals surface area contributed by atoms with Crippen molar-refractivity contribution in [2.75, 3.05) is 12.3 Å². The molecule has 1 aromatic carbocycles. The van der Waals surface area contributed by atoms with Crippen molar-refractivity contribution < 1.29 is 13.2 Å². The van der Waals surface area contributed by atoms with Crippen LogP contribution in [-0.2, 0) is 6.18 Å². The highest BCUT2D eigenvalue weighted by Gasteiger charge is 2.32. The van der Waals surface area contributed by atoms with Crippen LogP contribution in [0.1, 0.15) is 17.5 Å². The molecule has 0 atom stereocenters. The van der Waals surface area contributed by atoms with Gasteiger partial charge in [0.15, 0.2) is 0 Å². The summed E-state index contributed by atoms with van der Waals surface area (Å²) in [6.45, 7) is 0.316. The van der Waals surface area contributed by atoms with E-state index in [9.17, 15) is 13.2 Å². The van der Waals surface area contributed by atoms with Gasteiger partial charge in [-0.15, -0.1) is 0 Å². The van der Waals surface area contributed by atoms with Crippen LogP contribution in [0.15, 0.2) is 18.2 Å². The van der Waals surface area contributed by atoms with Gasteiger partial charge >= 0.3 is 6.18 Å². The predicted molar refractivity (Wildman–Crippen MR) is 56.4 cm³/mol. The highest BCUT2D eigenvalue weighted by molar-refractivity contribution is 5.52. The van der Waals surface area contributed by atoms with Crippen molar-refractivity contribution in [2.24, 2.45) is 5.73 Å². The quantitative estimate of drug-likeness (QED) is 0.570. The summed E-state index contributed by atoms with van der Waals surface area (Å²) in [5.41, 5.74) is 9.98. The van der Waals surface area contributed by atoms with Crippen LogP contribution >= 0.6 is 0 Å². The largest absolute Gasteiger partial charge is 0.417 e. The van der Waals surface area contributed by atoms with Crippen LogP contribution in [-0.4, -0.2) is 6.54 Å². The molecule has 0 heterocycles. The molecule has 0 radical (unpaired) electrons. The van der Waals surface area contributed by atoms with E-state index in [0.29, 0.717) is 13.0 Å². The molecular formula is C11H11F3N2. The summed E-state index contributed by atoms with van der Waals surface area (Å²) in [7, 11) is 0. The molecule has 4 N–H and O–H groups in total. The second-order valence-electron chi connectivity index (χ2n) is 3.14. The van der Waals surface area contributed by atoms with E-state index in [1.54, 1.807) is 0 Å². The van der Waals surface area contributed by atoms with Crippen molar-refractivity contribution in [3.05, 3.63) is 29.3 Å². The molecule has 0 aliphatic carbocycles. The number of anilines is 1. The van der Waals surface area contributed by atoms with Crippen molar-refractivity contribution in [3.63, 3.8) is 0 Å². The van der Waals surface area contributed by atoms with Gasteiger partial charge in [-0.25, -0.2) is 0 Å². The average molecular weight is 228 g/mol. The number of benzene rings is 1. The number of hydrogen-bond donors (Lipinski definition) is 2. The summed E-state index contributed by atoms with van der Waals surface area (Å²) in [6, 6.07) is 3.35. The lowest BCUT2D eigenvalue weighted by Gasteiger charge is -2.09. The molecule has 0 fully saturated rings. The Morgan fingerprint density at radius 2 is 1.94 bits per heavy atom. The van der Waals surface area contributed by atoms with Crippen molar-refractivity contribution in [3.8, 4) is 11.8 Å². The van der Waals surface area contributed by atoms with Crippen LogP contribution in [0.25, 0.3) is 0 Å². The highest BCUT2D eigenvalue weighted by Crippen LogP contribution is 2.32. The van der Waals surface area contributed by atoms with Gasteiger partial charge in [-0.2, -0.15) is 13.2 Å². The smallest absolute Gasteiger partial charge is 0.399 e. The Balaban J connectivity index is 3.15. The minimum atomic E-state index is -4.42. The van der Waals surface area contributed by atoms with Crippen LogP contribution in [0.5, 0.6) is 0 Å². The zero-order chi connectivity index (χ0) is 12.2. The van der Waals surface area contributed by atoms with E-state index in [4.69, 9.17) is 11.5 Å². The fourth-order valence-corrected chi connectivity index (χ4v) is 1.14. The Bertz CT molecular complexity index is 427. The van der Waals surface area contributed by atoms with Crippen LogP contribution in [0.3, 0.4) is 0 Å². The Hall–Kier alpha value is -1.67. The lowest BCUT2D eigenvalue weighted by molar-refractivity contribution is -0.137. The summed E-state index contributed by atoms with van der Waals surface area (Å²) in [5.74, 6) is 4.99. The first-order valence-corrected chi connectivity index (χ1v) is 4.61. The van der Waals surface area contributed by atoms with Gasteiger partial charge in [0.2, 0.25) is 0 Å². The fourth-order valence-electron chi connectivity index (χ4n) is 1.14. The molecule has 0 amide bonds. The Kier molecular flexibility index (Phi) is 3.80. The van der Waals surface area contributed by atoms with E-state index in [0.717, 1.165) is 6.07 Å². The lowest BCUT2D eigenvalue weighted by atomic mass is 10.1. The Labute approximate surface area is 91.4 Å². The van der Waals surface area contributed by atoms with E-state index in [1.807, 2.05) is 0 Å². The number of hydrogen-bond acceptors (Lipinski definition) is 2. The molecule has 16 heavy (non-hydrogen) atoms. The zero-order valence-corrected chi connectivity index (χ0v) is 8.43. The molecule has 0 aromatic heterocycles. The second kappa shape index (κ2) is 4.90. The van der Waals surface area contributed by atoms with Crippen LogP contribution in [0.2, 0.25) is 0 Å². The molecule has 0 bridgehead atoms. The summed E-state index contributed by atoms with van der Waals surface area (Å²) in [4.78, 5) is 0. The van der Waals surface area contributed by atoms with Gasteiger partial charge in [0.1, 0.15) is 0 Å². The Morgan fingerprint density at radius 3 is 2.50 bits per heavy atom. The molecule has 2 nitrogen and oxygen atoms in total. The van der Waals surface area contributed by atoms with E-state index >= 15 is 0 Å². The van der Waals surface area contributed by atoms with Crippen molar-refractivity contribution in [1.82, 2.24) is 0 Å². The SMILES string of the molecule is NCCC#Cc1cc(N)ccc1C(F)(F)F. The molecule has 1 aromatic rings. The number of rotatable bonds is 1. The highest BCUT2D eigenvalue weighted by atomic mass is 19.4. The summed E-state index contributed by atoms with van der Waals surface area (Å²) in [6.07, 6.45) is -4.06. The minimum absolute atomic E-state index is 0.110. The van der Waals surface area contributed by atoms with E-state index in [1.165, 1.54) is 12.1 Å². The zero-order valence-electron chi connectivity index (χ0n) is 8.43. The molecule has 5 heteroatoms. The molecule has 1 rings (SSSR count). The number of halogens is 3. The van der Waals surface area contributed by atoms with Gasteiger partial charge < -0.3 is 11.5 Å². The van der Waals surface area contributed by atoms with E-state index < -0.39 is 11.7 Å². The molecule has 0 saturated heterocycles. The van der Waals surface area contributed by atoms with E-state index in [2.05, 4.69) is 11.8 Å². The third-order valence-corrected chi connectivity index (χ3v) is 1.84. The minimum Gasteiger partial charge on any atom is -0.399 e. The number of alkyl halides is 3. The van der Waals surface area contributed by atoms with Crippen molar-refractivity contribution in [1.29, 1.82) is 0 Å². The monoisotopic (exact) mass is 228 g/mol. The van der Waals surface area contributed by atoms with Crippen LogP contribution in [0.4, 0.5) is 18.9 Å². The van der Waals surface area contributed by atoms with Gasteiger partial charge in [-0.05, 0) is 18.2 Å². The number of nitrogen functional groups attached to an aromatic ring is 1. The van der Waals surface area contributed by atoms with E-state index in [-0.39, 0.29) is 11.3 Å². The first-order chi connectivity index (χ1) is 7.45. The first-order valence-electron chi connectivity index (χ1n) is 4.61. The normalized spacial score (nSPS) is 10.8. The molecule has 0 aliphatic heterocycles. The molecule has 0 spiro atoms. The van der Waals surface area contributed by atoms with Gasteiger partial charge in [0, 0.05) is 24.2 Å². The third kappa shape index (κ3) is 3.17. The molecule has 86 valence electrons. The molecule has 0 unspecified atom stereocenters. The van der Waals surface area contributed by atoms with Crippen molar-refractivity contribution in [2.45, 2.75) is 12.6 Å². The summed E-state index contributed by atoms with van der Waals surface area (Å²) in [5, 5.41) is 0. The van der Waals surface area contributed by atoms with Gasteiger partial charge in [-0.1, -0.05) is 11.8 Å². The Morgan fingerprint density at radius 1 is 1.25 bits per heavy atom.